The lowest BCUT2D eigenvalue weighted by atomic mass is 10.2. The van der Waals surface area contributed by atoms with E-state index in [1.54, 1.807) is 7.05 Å². The molecule has 0 amide bonds. The van der Waals surface area contributed by atoms with Crippen molar-refractivity contribution in [1.29, 1.82) is 0 Å². The summed E-state index contributed by atoms with van der Waals surface area (Å²) >= 11 is 0. The van der Waals surface area contributed by atoms with Gasteiger partial charge in [0.15, 0.2) is 11.5 Å². The van der Waals surface area contributed by atoms with Crippen molar-refractivity contribution in [3.63, 3.8) is 0 Å². The van der Waals surface area contributed by atoms with Crippen LogP contribution in [0.25, 0.3) is 11.4 Å². The summed E-state index contributed by atoms with van der Waals surface area (Å²) in [6, 6.07) is 3.52. The molecule has 2 aromatic rings. The van der Waals surface area contributed by atoms with E-state index in [1.807, 2.05) is 0 Å². The minimum absolute atomic E-state index is 0.0979. The molecular weight excluding hydrogens is 340 g/mol. The Balaban J connectivity index is 2.17. The van der Waals surface area contributed by atoms with E-state index in [4.69, 9.17) is 14.4 Å². The van der Waals surface area contributed by atoms with Crippen molar-refractivity contribution >= 4 is 5.97 Å². The Morgan fingerprint density at radius 3 is 2.72 bits per heavy atom. The van der Waals surface area contributed by atoms with Gasteiger partial charge in [-0.05, 0) is 32.2 Å². The van der Waals surface area contributed by atoms with Crippen molar-refractivity contribution in [2.75, 3.05) is 14.2 Å². The molecule has 2 rings (SSSR count). The molecule has 0 aliphatic rings. The fourth-order valence-electron chi connectivity index (χ4n) is 1.98. The quantitative estimate of drug-likeness (QED) is 0.768. The van der Waals surface area contributed by atoms with Gasteiger partial charge >= 0.3 is 12.6 Å². The fourth-order valence-corrected chi connectivity index (χ4v) is 1.98. The molecule has 1 heterocycles. The highest BCUT2D eigenvalue weighted by Gasteiger charge is 2.20. The summed E-state index contributed by atoms with van der Waals surface area (Å²) in [5, 5.41) is 12.8. The number of nitrogens with zero attached hydrogens (tertiary/aromatic N) is 3. The number of halogens is 2. The third-order valence-electron chi connectivity index (χ3n) is 3.51. The van der Waals surface area contributed by atoms with Crippen molar-refractivity contribution in [1.82, 2.24) is 15.0 Å². The normalized spacial score (nSPS) is 12.4. The summed E-state index contributed by atoms with van der Waals surface area (Å²) < 4.78 is 39.2. The summed E-state index contributed by atoms with van der Waals surface area (Å²) in [7, 11) is 2.93. The fraction of sp³-hybridized carbons (Fsp3) is 0.400. The van der Waals surface area contributed by atoms with Crippen molar-refractivity contribution in [3.05, 3.63) is 24.1 Å². The number of ether oxygens (including phenoxy) is 2. The number of methoxy groups -OCH3 is 1. The monoisotopic (exact) mass is 357 g/mol. The maximum absolute atomic E-state index is 12.3. The molecule has 25 heavy (non-hydrogen) atoms. The number of carboxylic acids is 1. The van der Waals surface area contributed by atoms with Crippen LogP contribution in [0.1, 0.15) is 12.8 Å². The number of benzene rings is 1. The highest BCUT2D eigenvalue weighted by molar-refractivity contribution is 5.72. The van der Waals surface area contributed by atoms with E-state index in [2.05, 4.69) is 14.9 Å². The molecular formula is C15H17F2N3O5. The largest absolute Gasteiger partial charge is 0.493 e. The number of hydrogen-bond acceptors (Lipinski definition) is 7. The average Bonchev–Trinajstić information content (AvgIpc) is 3.02. The molecule has 0 radical (unpaired) electrons. The van der Waals surface area contributed by atoms with Crippen LogP contribution >= 0.6 is 0 Å². The number of carboxylic acid groups (broad SMARTS) is 1. The van der Waals surface area contributed by atoms with Crippen LogP contribution in [-0.4, -0.2) is 52.9 Å². The molecule has 10 heteroatoms. The summed E-state index contributed by atoms with van der Waals surface area (Å²) in [4.78, 5) is 16.6. The van der Waals surface area contributed by atoms with Gasteiger partial charge in [0, 0.05) is 5.56 Å². The van der Waals surface area contributed by atoms with Crippen LogP contribution < -0.4 is 9.47 Å². The van der Waals surface area contributed by atoms with Crippen LogP contribution in [0, 0.1) is 0 Å². The molecule has 1 atom stereocenters. The Morgan fingerprint density at radius 2 is 2.12 bits per heavy atom. The van der Waals surface area contributed by atoms with Gasteiger partial charge in [-0.1, -0.05) is 5.16 Å². The minimum atomic E-state index is -2.97. The van der Waals surface area contributed by atoms with Crippen LogP contribution in [0.3, 0.4) is 0 Å². The van der Waals surface area contributed by atoms with Gasteiger partial charge in [0.05, 0.1) is 13.7 Å². The van der Waals surface area contributed by atoms with Crippen LogP contribution in [0.5, 0.6) is 11.5 Å². The van der Waals surface area contributed by atoms with E-state index in [-0.39, 0.29) is 29.8 Å². The molecule has 136 valence electrons. The lowest BCUT2D eigenvalue weighted by Gasteiger charge is -2.18. The first-order chi connectivity index (χ1) is 11.8. The molecule has 8 nitrogen and oxygen atoms in total. The number of alkyl halides is 2. The van der Waals surface area contributed by atoms with E-state index in [0.29, 0.717) is 5.56 Å². The zero-order chi connectivity index (χ0) is 18.6. The topological polar surface area (TPSA) is 97.9 Å². The Hall–Kier alpha value is -2.75. The second-order valence-electron chi connectivity index (χ2n) is 5.19. The van der Waals surface area contributed by atoms with E-state index in [1.165, 1.54) is 37.1 Å². The number of aromatic nitrogens is 2. The van der Waals surface area contributed by atoms with Gasteiger partial charge in [-0.15, -0.1) is 0 Å². The van der Waals surface area contributed by atoms with Crippen LogP contribution in [0.2, 0.25) is 0 Å². The SMILES string of the molecule is COc1cc(-c2noc(CN(C)C(C)C(=O)O)n2)ccc1OC(F)F. The molecule has 0 saturated heterocycles. The molecule has 1 N–H and O–H groups in total. The second kappa shape index (κ2) is 7.88. The summed E-state index contributed by atoms with van der Waals surface area (Å²) in [6.07, 6.45) is 0. The lowest BCUT2D eigenvalue weighted by molar-refractivity contribution is -0.142. The highest BCUT2D eigenvalue weighted by Crippen LogP contribution is 2.32. The van der Waals surface area contributed by atoms with Gasteiger partial charge in [0.2, 0.25) is 11.7 Å². The van der Waals surface area contributed by atoms with Crippen molar-refractivity contribution in [2.24, 2.45) is 0 Å². The molecule has 0 bridgehead atoms. The average molecular weight is 357 g/mol. The second-order valence-corrected chi connectivity index (χ2v) is 5.19. The summed E-state index contributed by atoms with van der Waals surface area (Å²) in [6.45, 7) is -1.29. The molecule has 0 spiro atoms. The number of aliphatic carboxylic acids is 1. The number of hydrogen-bond donors (Lipinski definition) is 1. The predicted molar refractivity (Wildman–Crippen MR) is 81.5 cm³/mol. The lowest BCUT2D eigenvalue weighted by Crippen LogP contribution is -2.35. The van der Waals surface area contributed by atoms with E-state index < -0.39 is 18.6 Å². The zero-order valence-corrected chi connectivity index (χ0v) is 13.8. The van der Waals surface area contributed by atoms with Crippen molar-refractivity contribution < 1.29 is 32.7 Å². The van der Waals surface area contributed by atoms with Gasteiger partial charge in [-0.3, -0.25) is 9.69 Å². The summed E-state index contributed by atoms with van der Waals surface area (Å²) in [5.41, 5.74) is 0.474. The van der Waals surface area contributed by atoms with E-state index >= 15 is 0 Å². The van der Waals surface area contributed by atoms with Crippen molar-refractivity contribution in [2.45, 2.75) is 26.1 Å². The molecule has 1 aromatic heterocycles. The Kier molecular flexibility index (Phi) is 5.86. The number of likely N-dealkylation sites (N-methyl/N-ethyl adjacent to an activating group) is 1. The smallest absolute Gasteiger partial charge is 0.387 e. The predicted octanol–water partition coefficient (Wildman–Crippen LogP) is 2.25. The van der Waals surface area contributed by atoms with Crippen molar-refractivity contribution in [3.8, 4) is 22.9 Å². The first kappa shape index (κ1) is 18.6. The molecule has 0 aliphatic carbocycles. The molecule has 0 saturated carbocycles. The van der Waals surface area contributed by atoms with Crippen LogP contribution in [-0.2, 0) is 11.3 Å². The van der Waals surface area contributed by atoms with Crippen LogP contribution in [0.15, 0.2) is 22.7 Å². The van der Waals surface area contributed by atoms with Crippen LogP contribution in [0.4, 0.5) is 8.78 Å². The zero-order valence-electron chi connectivity index (χ0n) is 13.8. The molecule has 0 aliphatic heterocycles. The minimum Gasteiger partial charge on any atom is -0.493 e. The first-order valence-electron chi connectivity index (χ1n) is 7.20. The molecule has 0 fully saturated rings. The van der Waals surface area contributed by atoms with Gasteiger partial charge in [0.1, 0.15) is 6.04 Å². The maximum Gasteiger partial charge on any atom is 0.387 e. The molecule has 1 aromatic carbocycles. The Morgan fingerprint density at radius 1 is 1.40 bits per heavy atom. The summed E-state index contributed by atoms with van der Waals surface area (Å²) in [5.74, 6) is -0.548. The first-order valence-corrected chi connectivity index (χ1v) is 7.20. The number of carbonyl (C=O) groups is 1. The number of rotatable bonds is 8. The van der Waals surface area contributed by atoms with Gasteiger partial charge in [-0.25, -0.2) is 0 Å². The van der Waals surface area contributed by atoms with E-state index in [0.717, 1.165) is 0 Å². The van der Waals surface area contributed by atoms with E-state index in [9.17, 15) is 13.6 Å². The Bertz CT molecular complexity index is 738. The highest BCUT2D eigenvalue weighted by atomic mass is 19.3. The standard InChI is InChI=1S/C15H17F2N3O5/c1-8(14(21)22)20(2)7-12-18-13(19-25-12)9-4-5-10(24-15(16)17)11(6-9)23-3/h4-6,8,15H,7H2,1-3H3,(H,21,22). The van der Waals surface area contributed by atoms with Gasteiger partial charge in [0.25, 0.3) is 0 Å². The Labute approximate surface area is 142 Å². The van der Waals surface area contributed by atoms with Gasteiger partial charge in [-0.2, -0.15) is 13.8 Å². The molecule has 1 unspecified atom stereocenters. The third kappa shape index (κ3) is 4.63. The maximum atomic E-state index is 12.3. The van der Waals surface area contributed by atoms with Gasteiger partial charge < -0.3 is 19.1 Å². The third-order valence-corrected chi connectivity index (χ3v) is 3.51.